The van der Waals surface area contributed by atoms with Crippen molar-refractivity contribution in [2.24, 2.45) is 0 Å². The maximum Gasteiger partial charge on any atom is 0.308 e. The fraction of sp³-hybridized carbons (Fsp3) is 0.0625. The molecular weight excluding hydrogens is 364 g/mol. The number of thiazole rings is 1. The molecule has 1 N–H and O–H groups in total. The van der Waals surface area contributed by atoms with E-state index >= 15 is 0 Å². The highest BCUT2D eigenvalue weighted by atomic mass is 35.5. The predicted octanol–water partition coefficient (Wildman–Crippen LogP) is 4.01. The molecule has 8 heteroatoms. The van der Waals surface area contributed by atoms with E-state index in [2.05, 4.69) is 10.2 Å². The van der Waals surface area contributed by atoms with Crippen LogP contribution in [-0.2, 0) is 6.54 Å². The lowest BCUT2D eigenvalue weighted by Crippen LogP contribution is -2.16. The first-order valence-electron chi connectivity index (χ1n) is 7.14. The van der Waals surface area contributed by atoms with Crippen LogP contribution in [0.4, 0.5) is 0 Å². The zero-order chi connectivity index (χ0) is 16.7. The summed E-state index contributed by atoms with van der Waals surface area (Å²) in [5.74, 6) is 0.660. The zero-order valence-electron chi connectivity index (χ0n) is 12.3. The Bertz CT molecular complexity index is 1140. The molecule has 0 aliphatic carbocycles. The SMILES string of the molecule is O=c1sc2ccccc2n1Cc1n[nH]c(=S)n1-c1ccc(Cl)cc1. The third kappa shape index (κ3) is 2.60. The first-order valence-corrected chi connectivity index (χ1v) is 8.74. The third-order valence-corrected chi connectivity index (χ3v) is 5.19. The van der Waals surface area contributed by atoms with Crippen LogP contribution in [0.5, 0.6) is 0 Å². The van der Waals surface area contributed by atoms with Gasteiger partial charge in [-0.15, -0.1) is 0 Å². The van der Waals surface area contributed by atoms with Crippen molar-refractivity contribution in [3.05, 3.63) is 73.8 Å². The van der Waals surface area contributed by atoms with Crippen LogP contribution in [-0.4, -0.2) is 19.3 Å². The molecular formula is C16H11ClN4OS2. The van der Waals surface area contributed by atoms with Gasteiger partial charge in [0.2, 0.25) is 0 Å². The van der Waals surface area contributed by atoms with Gasteiger partial charge >= 0.3 is 4.87 Å². The Hall–Kier alpha value is -2.22. The van der Waals surface area contributed by atoms with Crippen molar-refractivity contribution < 1.29 is 0 Å². The molecule has 0 radical (unpaired) electrons. The molecule has 0 amide bonds. The van der Waals surface area contributed by atoms with Gasteiger partial charge in [-0.1, -0.05) is 35.1 Å². The minimum absolute atomic E-state index is 0.0206. The van der Waals surface area contributed by atoms with E-state index in [0.29, 0.717) is 22.2 Å². The summed E-state index contributed by atoms with van der Waals surface area (Å²) < 4.78 is 4.94. The number of benzene rings is 2. The average Bonchev–Trinajstić information content (AvgIpc) is 3.09. The van der Waals surface area contributed by atoms with Crippen LogP contribution in [0.1, 0.15) is 5.82 Å². The van der Waals surface area contributed by atoms with Crippen molar-refractivity contribution in [3.63, 3.8) is 0 Å². The van der Waals surface area contributed by atoms with E-state index in [0.717, 1.165) is 15.9 Å². The van der Waals surface area contributed by atoms with E-state index in [4.69, 9.17) is 23.8 Å². The standard InChI is InChI=1S/C16H11ClN4OS2/c17-10-5-7-11(8-6-10)21-14(18-19-15(21)23)9-20-12-3-1-2-4-13(12)24-16(20)22/h1-8H,9H2,(H,19,23). The van der Waals surface area contributed by atoms with Crippen LogP contribution in [0, 0.1) is 4.77 Å². The van der Waals surface area contributed by atoms with Crippen LogP contribution < -0.4 is 4.87 Å². The van der Waals surface area contributed by atoms with Crippen LogP contribution >= 0.6 is 35.2 Å². The topological polar surface area (TPSA) is 55.6 Å². The molecule has 0 aliphatic rings. The quantitative estimate of drug-likeness (QED) is 0.551. The van der Waals surface area contributed by atoms with Crippen molar-refractivity contribution in [1.29, 1.82) is 0 Å². The molecule has 0 atom stereocenters. The molecule has 5 nitrogen and oxygen atoms in total. The van der Waals surface area contributed by atoms with Crippen molar-refractivity contribution in [2.45, 2.75) is 6.54 Å². The Morgan fingerprint density at radius 1 is 1.17 bits per heavy atom. The summed E-state index contributed by atoms with van der Waals surface area (Å²) >= 11 is 12.5. The number of aromatic amines is 1. The van der Waals surface area contributed by atoms with Crippen LogP contribution in [0.3, 0.4) is 0 Å². The smallest absolute Gasteiger partial charge is 0.291 e. The van der Waals surface area contributed by atoms with Crippen molar-refractivity contribution >= 4 is 45.4 Å². The molecule has 2 aromatic heterocycles. The number of fused-ring (bicyclic) bond motifs is 1. The second kappa shape index (κ2) is 6.01. The van der Waals surface area contributed by atoms with Gasteiger partial charge in [-0.2, -0.15) is 5.10 Å². The molecule has 0 aliphatic heterocycles. The molecule has 120 valence electrons. The molecule has 0 fully saturated rings. The van der Waals surface area contributed by atoms with Gasteiger partial charge in [0.05, 0.1) is 16.8 Å². The summed E-state index contributed by atoms with van der Waals surface area (Å²) in [7, 11) is 0. The van der Waals surface area contributed by atoms with Gasteiger partial charge < -0.3 is 0 Å². The Balaban J connectivity index is 1.84. The Morgan fingerprint density at radius 3 is 2.71 bits per heavy atom. The minimum atomic E-state index is -0.0206. The van der Waals surface area contributed by atoms with Gasteiger partial charge in [-0.3, -0.25) is 19.0 Å². The largest absolute Gasteiger partial charge is 0.308 e. The first-order chi connectivity index (χ1) is 11.6. The van der Waals surface area contributed by atoms with E-state index in [9.17, 15) is 4.79 Å². The number of aromatic nitrogens is 4. The predicted molar refractivity (Wildman–Crippen MR) is 98.9 cm³/mol. The molecule has 4 aromatic rings. The van der Waals surface area contributed by atoms with Gasteiger partial charge in [0.25, 0.3) is 0 Å². The lowest BCUT2D eigenvalue weighted by molar-refractivity contribution is 0.734. The molecule has 0 unspecified atom stereocenters. The highest BCUT2D eigenvalue weighted by Crippen LogP contribution is 2.19. The fourth-order valence-electron chi connectivity index (χ4n) is 2.60. The molecule has 0 spiro atoms. The number of rotatable bonds is 3. The Morgan fingerprint density at radius 2 is 1.92 bits per heavy atom. The van der Waals surface area contributed by atoms with E-state index in [-0.39, 0.29) is 4.87 Å². The number of nitrogens with zero attached hydrogens (tertiary/aromatic N) is 3. The molecule has 2 aromatic carbocycles. The van der Waals surface area contributed by atoms with E-state index in [1.807, 2.05) is 41.0 Å². The lowest BCUT2D eigenvalue weighted by atomic mass is 10.3. The molecule has 0 bridgehead atoms. The Labute approximate surface area is 150 Å². The highest BCUT2D eigenvalue weighted by Gasteiger charge is 2.13. The van der Waals surface area contributed by atoms with Crippen molar-refractivity contribution in [1.82, 2.24) is 19.3 Å². The number of para-hydroxylation sites is 1. The van der Waals surface area contributed by atoms with Crippen molar-refractivity contribution in [3.8, 4) is 5.69 Å². The summed E-state index contributed by atoms with van der Waals surface area (Å²) in [6.07, 6.45) is 0. The zero-order valence-corrected chi connectivity index (χ0v) is 14.7. The number of hydrogen-bond donors (Lipinski definition) is 1. The van der Waals surface area contributed by atoms with Crippen LogP contribution in [0.15, 0.2) is 53.3 Å². The van der Waals surface area contributed by atoms with Gasteiger partial charge in [0, 0.05) is 10.7 Å². The number of nitrogens with one attached hydrogen (secondary N) is 1. The van der Waals surface area contributed by atoms with Gasteiger partial charge in [-0.25, -0.2) is 0 Å². The summed E-state index contributed by atoms with van der Waals surface area (Å²) in [6.45, 7) is 0.332. The molecule has 0 saturated carbocycles. The Kier molecular flexibility index (Phi) is 3.84. The molecule has 0 saturated heterocycles. The molecule has 24 heavy (non-hydrogen) atoms. The second-order valence-corrected chi connectivity index (χ2v) is 6.99. The minimum Gasteiger partial charge on any atom is -0.291 e. The fourth-order valence-corrected chi connectivity index (χ4v) is 3.87. The maximum absolute atomic E-state index is 12.3. The number of hydrogen-bond acceptors (Lipinski definition) is 4. The summed E-state index contributed by atoms with van der Waals surface area (Å²) in [4.78, 5) is 12.3. The van der Waals surface area contributed by atoms with Gasteiger partial charge in [-0.05, 0) is 48.6 Å². The maximum atomic E-state index is 12.3. The van der Waals surface area contributed by atoms with E-state index in [1.165, 1.54) is 11.3 Å². The normalized spacial score (nSPS) is 11.2. The number of halogens is 1. The van der Waals surface area contributed by atoms with Crippen LogP contribution in [0.2, 0.25) is 5.02 Å². The summed E-state index contributed by atoms with van der Waals surface area (Å²) in [5.41, 5.74) is 1.74. The average molecular weight is 375 g/mol. The van der Waals surface area contributed by atoms with Gasteiger partial charge in [0.15, 0.2) is 10.6 Å². The summed E-state index contributed by atoms with van der Waals surface area (Å²) in [5, 5.41) is 7.74. The molecule has 4 rings (SSSR count). The summed E-state index contributed by atoms with van der Waals surface area (Å²) in [6, 6.07) is 15.0. The van der Waals surface area contributed by atoms with Gasteiger partial charge in [0.1, 0.15) is 0 Å². The monoisotopic (exact) mass is 374 g/mol. The highest BCUT2D eigenvalue weighted by molar-refractivity contribution is 7.71. The van der Waals surface area contributed by atoms with Crippen LogP contribution in [0.25, 0.3) is 15.9 Å². The van der Waals surface area contributed by atoms with E-state index < -0.39 is 0 Å². The molecule has 2 heterocycles. The third-order valence-electron chi connectivity index (χ3n) is 3.70. The number of H-pyrrole nitrogens is 1. The lowest BCUT2D eigenvalue weighted by Gasteiger charge is -2.08. The van der Waals surface area contributed by atoms with Crippen molar-refractivity contribution in [2.75, 3.05) is 0 Å². The first kappa shape index (κ1) is 15.3. The second-order valence-electron chi connectivity index (χ2n) is 5.18. The van der Waals surface area contributed by atoms with E-state index in [1.54, 1.807) is 16.7 Å².